The van der Waals surface area contributed by atoms with E-state index in [1.54, 1.807) is 16.4 Å². The lowest BCUT2D eigenvalue weighted by atomic mass is 10.2. The van der Waals surface area contributed by atoms with Gasteiger partial charge in [-0.1, -0.05) is 12.1 Å². The number of ether oxygens (including phenoxy) is 1. The van der Waals surface area contributed by atoms with Gasteiger partial charge < -0.3 is 15.4 Å². The predicted octanol–water partition coefficient (Wildman–Crippen LogP) is 0.613. The molecule has 21 heavy (non-hydrogen) atoms. The molecule has 0 bridgehead atoms. The highest BCUT2D eigenvalue weighted by molar-refractivity contribution is 7.89. The van der Waals surface area contributed by atoms with Gasteiger partial charge in [0.05, 0.1) is 11.4 Å². The van der Waals surface area contributed by atoms with E-state index >= 15 is 0 Å². The Balaban J connectivity index is 1.89. The summed E-state index contributed by atoms with van der Waals surface area (Å²) in [6.07, 6.45) is 0. The average Bonchev–Trinajstić information content (AvgIpc) is 2.44. The van der Waals surface area contributed by atoms with Crippen LogP contribution in [0.15, 0.2) is 24.3 Å². The summed E-state index contributed by atoms with van der Waals surface area (Å²) in [7, 11) is -1.27. The second kappa shape index (κ2) is 6.64. The van der Waals surface area contributed by atoms with Crippen molar-refractivity contribution < 1.29 is 13.2 Å². The lowest BCUT2D eigenvalue weighted by Crippen LogP contribution is -2.52. The highest BCUT2D eigenvalue weighted by Gasteiger charge is 2.29. The molecular formula is C14H23N3O3S. The number of nitrogen functional groups attached to an aromatic ring is 1. The number of likely N-dealkylation sites (N-methyl/N-ethyl adjacent to an activating group) is 1. The molecule has 1 aliphatic rings. The summed E-state index contributed by atoms with van der Waals surface area (Å²) in [5.74, 6) is 0.497. The third-order valence-corrected chi connectivity index (χ3v) is 5.63. The van der Waals surface area contributed by atoms with E-state index in [1.165, 1.54) is 0 Å². The van der Waals surface area contributed by atoms with Gasteiger partial charge >= 0.3 is 0 Å². The Morgan fingerprint density at radius 1 is 1.33 bits per heavy atom. The minimum Gasteiger partial charge on any atom is -0.490 e. The van der Waals surface area contributed by atoms with Gasteiger partial charge in [-0.25, -0.2) is 8.42 Å². The number of hydrogen-bond acceptors (Lipinski definition) is 5. The largest absolute Gasteiger partial charge is 0.490 e. The first-order valence-corrected chi connectivity index (χ1v) is 8.66. The normalized spacial score (nSPS) is 21.3. The quantitative estimate of drug-likeness (QED) is 0.806. The molecule has 1 heterocycles. The second-order valence-corrected chi connectivity index (χ2v) is 7.48. The first-order chi connectivity index (χ1) is 9.90. The van der Waals surface area contributed by atoms with E-state index in [9.17, 15) is 8.42 Å². The van der Waals surface area contributed by atoms with Crippen LogP contribution in [0.3, 0.4) is 0 Å². The molecule has 0 aromatic heterocycles. The fraction of sp³-hybridized carbons (Fsp3) is 0.571. The van der Waals surface area contributed by atoms with Crippen LogP contribution >= 0.6 is 0 Å². The number of nitrogens with zero attached hydrogens (tertiary/aromatic N) is 2. The number of nitrogens with two attached hydrogens (primary N) is 1. The van der Waals surface area contributed by atoms with Gasteiger partial charge in [-0.15, -0.1) is 0 Å². The first-order valence-electron chi connectivity index (χ1n) is 7.05. The Labute approximate surface area is 126 Å². The van der Waals surface area contributed by atoms with Crippen molar-refractivity contribution in [3.63, 3.8) is 0 Å². The van der Waals surface area contributed by atoms with E-state index < -0.39 is 10.0 Å². The molecule has 1 aliphatic heterocycles. The Kier molecular flexibility index (Phi) is 5.08. The molecule has 7 heteroatoms. The van der Waals surface area contributed by atoms with Crippen molar-refractivity contribution >= 4 is 15.7 Å². The minimum absolute atomic E-state index is 0.0300. The number of anilines is 1. The Hall–Kier alpha value is -1.31. The number of piperazine rings is 1. The molecule has 2 N–H and O–H groups in total. The van der Waals surface area contributed by atoms with Crippen molar-refractivity contribution in [1.29, 1.82) is 0 Å². The molecule has 0 amide bonds. The van der Waals surface area contributed by atoms with Crippen molar-refractivity contribution in [3.05, 3.63) is 24.3 Å². The van der Waals surface area contributed by atoms with Gasteiger partial charge in [0, 0.05) is 25.7 Å². The zero-order valence-electron chi connectivity index (χ0n) is 12.5. The zero-order valence-corrected chi connectivity index (χ0v) is 13.3. The van der Waals surface area contributed by atoms with E-state index in [1.807, 2.05) is 26.1 Å². The molecule has 1 fully saturated rings. The summed E-state index contributed by atoms with van der Waals surface area (Å²) in [6.45, 7) is 3.97. The van der Waals surface area contributed by atoms with Gasteiger partial charge in [0.25, 0.3) is 0 Å². The van der Waals surface area contributed by atoms with Gasteiger partial charge in [0.15, 0.2) is 0 Å². The second-order valence-electron chi connectivity index (χ2n) is 5.39. The lowest BCUT2D eigenvalue weighted by molar-refractivity contribution is 0.159. The Bertz CT molecular complexity index is 577. The summed E-state index contributed by atoms with van der Waals surface area (Å²) in [5.41, 5.74) is 6.27. The molecule has 2 rings (SSSR count). The van der Waals surface area contributed by atoms with Crippen molar-refractivity contribution in [1.82, 2.24) is 9.21 Å². The van der Waals surface area contributed by atoms with Crippen molar-refractivity contribution in [2.24, 2.45) is 0 Å². The minimum atomic E-state index is -3.28. The zero-order chi connectivity index (χ0) is 15.5. The maximum atomic E-state index is 12.3. The smallest absolute Gasteiger partial charge is 0.217 e. The highest BCUT2D eigenvalue weighted by Crippen LogP contribution is 2.20. The topological polar surface area (TPSA) is 75.9 Å². The molecule has 0 spiro atoms. The van der Waals surface area contributed by atoms with Crippen LogP contribution in [0.25, 0.3) is 0 Å². The van der Waals surface area contributed by atoms with Crippen LogP contribution in [-0.2, 0) is 10.0 Å². The Morgan fingerprint density at radius 3 is 2.71 bits per heavy atom. The molecule has 1 aromatic rings. The maximum Gasteiger partial charge on any atom is 0.217 e. The third kappa shape index (κ3) is 4.09. The summed E-state index contributed by atoms with van der Waals surface area (Å²) < 4.78 is 31.6. The lowest BCUT2D eigenvalue weighted by Gasteiger charge is -2.36. The first kappa shape index (κ1) is 16.1. The van der Waals surface area contributed by atoms with E-state index in [0.717, 1.165) is 6.54 Å². The van der Waals surface area contributed by atoms with E-state index in [2.05, 4.69) is 4.90 Å². The van der Waals surface area contributed by atoms with Crippen LogP contribution in [0.1, 0.15) is 6.92 Å². The number of benzene rings is 1. The molecule has 0 aliphatic carbocycles. The van der Waals surface area contributed by atoms with Crippen molar-refractivity contribution in [2.75, 3.05) is 44.8 Å². The van der Waals surface area contributed by atoms with Gasteiger partial charge in [-0.05, 0) is 26.1 Å². The van der Waals surface area contributed by atoms with Crippen LogP contribution in [-0.4, -0.2) is 62.7 Å². The third-order valence-electron chi connectivity index (χ3n) is 3.83. The van der Waals surface area contributed by atoms with Gasteiger partial charge in [-0.3, -0.25) is 0 Å². The van der Waals surface area contributed by atoms with Crippen LogP contribution < -0.4 is 10.5 Å². The molecule has 1 atom stereocenters. The SMILES string of the molecule is CC1CN(S(=O)(=O)CCOc2ccccc2N)CCN1C. The average molecular weight is 313 g/mol. The van der Waals surface area contributed by atoms with Crippen LogP contribution in [0.4, 0.5) is 5.69 Å². The van der Waals surface area contributed by atoms with E-state index in [4.69, 9.17) is 10.5 Å². The van der Waals surface area contributed by atoms with Crippen molar-refractivity contribution in [3.8, 4) is 5.75 Å². The molecule has 1 saturated heterocycles. The van der Waals surface area contributed by atoms with Crippen LogP contribution in [0.5, 0.6) is 5.75 Å². The van der Waals surface area contributed by atoms with Gasteiger partial charge in [0.1, 0.15) is 12.4 Å². The number of para-hydroxylation sites is 2. The standard InChI is InChI=1S/C14H23N3O3S/c1-12-11-17(8-7-16(12)2)21(18,19)10-9-20-14-6-4-3-5-13(14)15/h3-6,12H,7-11,15H2,1-2H3. The van der Waals surface area contributed by atoms with E-state index in [0.29, 0.717) is 24.5 Å². The van der Waals surface area contributed by atoms with Crippen molar-refractivity contribution in [2.45, 2.75) is 13.0 Å². The number of sulfonamides is 1. The number of rotatable bonds is 5. The molecule has 118 valence electrons. The molecular weight excluding hydrogens is 290 g/mol. The van der Waals surface area contributed by atoms with Gasteiger partial charge in [0.2, 0.25) is 10.0 Å². The summed E-state index contributed by atoms with van der Waals surface area (Å²) in [6, 6.07) is 7.32. The fourth-order valence-electron chi connectivity index (χ4n) is 2.27. The van der Waals surface area contributed by atoms with Gasteiger partial charge in [-0.2, -0.15) is 4.31 Å². The molecule has 0 saturated carbocycles. The fourth-order valence-corrected chi connectivity index (χ4v) is 3.62. The summed E-state index contributed by atoms with van der Waals surface area (Å²) in [4.78, 5) is 2.16. The maximum absolute atomic E-state index is 12.3. The van der Waals surface area contributed by atoms with Crippen LogP contribution in [0.2, 0.25) is 0 Å². The van der Waals surface area contributed by atoms with Crippen LogP contribution in [0, 0.1) is 0 Å². The van der Waals surface area contributed by atoms with E-state index in [-0.39, 0.29) is 18.4 Å². The monoisotopic (exact) mass is 313 g/mol. The molecule has 6 nitrogen and oxygen atoms in total. The number of hydrogen-bond donors (Lipinski definition) is 1. The highest BCUT2D eigenvalue weighted by atomic mass is 32.2. The molecule has 1 aromatic carbocycles. The summed E-state index contributed by atoms with van der Waals surface area (Å²) in [5, 5.41) is 0. The predicted molar refractivity (Wildman–Crippen MR) is 83.8 cm³/mol. The molecule has 0 radical (unpaired) electrons. The Morgan fingerprint density at radius 2 is 2.05 bits per heavy atom. The molecule has 1 unspecified atom stereocenters. The summed E-state index contributed by atoms with van der Waals surface area (Å²) >= 11 is 0.